The van der Waals surface area contributed by atoms with Crippen LogP contribution in [0.3, 0.4) is 0 Å². The van der Waals surface area contributed by atoms with E-state index in [1.54, 1.807) is 26.0 Å². The zero-order valence-corrected chi connectivity index (χ0v) is 15.1. The number of oxazole rings is 1. The van der Waals surface area contributed by atoms with E-state index in [9.17, 15) is 9.18 Å². The Labute approximate surface area is 156 Å². The van der Waals surface area contributed by atoms with Gasteiger partial charge in [0.1, 0.15) is 23.1 Å². The average molecular weight is 369 g/mol. The van der Waals surface area contributed by atoms with Crippen molar-refractivity contribution in [3.05, 3.63) is 70.9 Å². The van der Waals surface area contributed by atoms with E-state index in [0.717, 1.165) is 12.0 Å². The average Bonchev–Trinajstić information content (AvgIpc) is 2.95. The third kappa shape index (κ3) is 4.51. The summed E-state index contributed by atoms with van der Waals surface area (Å²) in [6.45, 7) is 4.05. The minimum absolute atomic E-state index is 0.0243. The SMILES string of the molecule is Cc1nc(NC(=O)c2cc(Oc3ccc(CCN)cc3)ccc2F)oc1C. The Morgan fingerprint density at radius 3 is 2.52 bits per heavy atom. The number of hydrogen-bond donors (Lipinski definition) is 2. The zero-order chi connectivity index (χ0) is 19.4. The van der Waals surface area contributed by atoms with Crippen LogP contribution in [0.1, 0.15) is 27.4 Å². The molecule has 0 unspecified atom stereocenters. The summed E-state index contributed by atoms with van der Waals surface area (Å²) in [5.41, 5.74) is 7.12. The molecule has 0 aliphatic rings. The molecule has 6 nitrogen and oxygen atoms in total. The topological polar surface area (TPSA) is 90.4 Å². The monoisotopic (exact) mass is 369 g/mol. The van der Waals surface area contributed by atoms with Gasteiger partial charge in [0.25, 0.3) is 5.91 Å². The number of nitrogens with zero attached hydrogens (tertiary/aromatic N) is 1. The highest BCUT2D eigenvalue weighted by molar-refractivity contribution is 6.03. The van der Waals surface area contributed by atoms with E-state index >= 15 is 0 Å². The fourth-order valence-electron chi connectivity index (χ4n) is 2.46. The van der Waals surface area contributed by atoms with Gasteiger partial charge in [-0.1, -0.05) is 12.1 Å². The van der Waals surface area contributed by atoms with Gasteiger partial charge in [-0.2, -0.15) is 4.98 Å². The number of rotatable bonds is 6. The molecule has 3 aromatic rings. The van der Waals surface area contributed by atoms with Gasteiger partial charge in [-0.25, -0.2) is 4.39 Å². The Morgan fingerprint density at radius 2 is 1.89 bits per heavy atom. The van der Waals surface area contributed by atoms with E-state index in [4.69, 9.17) is 14.9 Å². The molecule has 0 atom stereocenters. The summed E-state index contributed by atoms with van der Waals surface area (Å²) in [5, 5.41) is 2.45. The fourth-order valence-corrected chi connectivity index (χ4v) is 2.46. The van der Waals surface area contributed by atoms with E-state index in [0.29, 0.717) is 29.5 Å². The van der Waals surface area contributed by atoms with E-state index < -0.39 is 11.7 Å². The lowest BCUT2D eigenvalue weighted by molar-refractivity contribution is 0.102. The Morgan fingerprint density at radius 1 is 1.19 bits per heavy atom. The maximum absolute atomic E-state index is 14.1. The van der Waals surface area contributed by atoms with E-state index in [1.807, 2.05) is 12.1 Å². The van der Waals surface area contributed by atoms with Gasteiger partial charge in [-0.05, 0) is 62.7 Å². The van der Waals surface area contributed by atoms with Gasteiger partial charge < -0.3 is 14.9 Å². The molecule has 0 aliphatic carbocycles. The summed E-state index contributed by atoms with van der Waals surface area (Å²) in [7, 11) is 0. The second kappa shape index (κ2) is 8.01. The maximum atomic E-state index is 14.1. The molecule has 0 radical (unpaired) electrons. The molecule has 0 bridgehead atoms. The van der Waals surface area contributed by atoms with Gasteiger partial charge >= 0.3 is 6.01 Å². The molecule has 7 heteroatoms. The highest BCUT2D eigenvalue weighted by atomic mass is 19.1. The first kappa shape index (κ1) is 18.6. The van der Waals surface area contributed by atoms with Crippen LogP contribution in [-0.4, -0.2) is 17.4 Å². The predicted molar refractivity (Wildman–Crippen MR) is 99.6 cm³/mol. The molecule has 3 rings (SSSR count). The molecule has 0 aliphatic heterocycles. The van der Waals surface area contributed by atoms with Crippen LogP contribution in [0, 0.1) is 19.7 Å². The molecule has 27 heavy (non-hydrogen) atoms. The van der Waals surface area contributed by atoms with Gasteiger partial charge in [0.05, 0.1) is 11.3 Å². The molecule has 0 saturated heterocycles. The van der Waals surface area contributed by atoms with Crippen LogP contribution in [0.15, 0.2) is 46.9 Å². The van der Waals surface area contributed by atoms with Crippen LogP contribution in [-0.2, 0) is 6.42 Å². The number of carbonyl (C=O) groups excluding carboxylic acids is 1. The van der Waals surface area contributed by atoms with Crippen molar-refractivity contribution in [2.75, 3.05) is 11.9 Å². The Balaban J connectivity index is 1.76. The summed E-state index contributed by atoms with van der Waals surface area (Å²) in [5.74, 6) is 0.164. The molecule has 140 valence electrons. The third-order valence-corrected chi connectivity index (χ3v) is 4.02. The second-order valence-electron chi connectivity index (χ2n) is 6.04. The number of nitrogens with one attached hydrogen (secondary N) is 1. The van der Waals surface area contributed by atoms with Gasteiger partial charge in [-0.15, -0.1) is 0 Å². The number of nitrogens with two attached hydrogens (primary N) is 1. The third-order valence-electron chi connectivity index (χ3n) is 4.02. The number of ether oxygens (including phenoxy) is 1. The van der Waals surface area contributed by atoms with E-state index in [2.05, 4.69) is 10.3 Å². The molecular weight excluding hydrogens is 349 g/mol. The first-order valence-electron chi connectivity index (χ1n) is 8.48. The lowest BCUT2D eigenvalue weighted by Crippen LogP contribution is -2.14. The number of halogens is 1. The molecule has 1 aromatic heterocycles. The van der Waals surface area contributed by atoms with Gasteiger partial charge in [-0.3, -0.25) is 10.1 Å². The van der Waals surface area contributed by atoms with Crippen molar-refractivity contribution in [1.82, 2.24) is 4.98 Å². The first-order chi connectivity index (χ1) is 13.0. The van der Waals surface area contributed by atoms with E-state index in [1.165, 1.54) is 18.2 Å². The van der Waals surface area contributed by atoms with Crippen molar-refractivity contribution in [1.29, 1.82) is 0 Å². The Bertz CT molecular complexity index is 932. The van der Waals surface area contributed by atoms with Crippen LogP contribution >= 0.6 is 0 Å². The van der Waals surface area contributed by atoms with Gasteiger partial charge in [0, 0.05) is 0 Å². The highest BCUT2D eigenvalue weighted by Gasteiger charge is 2.16. The summed E-state index contributed by atoms with van der Waals surface area (Å²) >= 11 is 0. The number of amides is 1. The fraction of sp³-hybridized carbons (Fsp3) is 0.200. The van der Waals surface area contributed by atoms with Crippen molar-refractivity contribution in [3.63, 3.8) is 0 Å². The van der Waals surface area contributed by atoms with Crippen molar-refractivity contribution in [2.24, 2.45) is 5.73 Å². The number of anilines is 1. The normalized spacial score (nSPS) is 10.7. The van der Waals surface area contributed by atoms with Crippen LogP contribution in [0.5, 0.6) is 11.5 Å². The van der Waals surface area contributed by atoms with Crippen molar-refractivity contribution < 1.29 is 18.3 Å². The van der Waals surface area contributed by atoms with Gasteiger partial charge in [0.15, 0.2) is 0 Å². The molecule has 0 saturated carbocycles. The molecule has 0 fully saturated rings. The summed E-state index contributed by atoms with van der Waals surface area (Å²) in [6, 6.07) is 11.4. The second-order valence-corrected chi connectivity index (χ2v) is 6.04. The summed E-state index contributed by atoms with van der Waals surface area (Å²) in [6.07, 6.45) is 0.779. The van der Waals surface area contributed by atoms with Crippen LogP contribution in [0.25, 0.3) is 0 Å². The molecule has 2 aromatic carbocycles. The molecule has 3 N–H and O–H groups in total. The molecule has 1 heterocycles. The molecule has 1 amide bonds. The molecule has 0 spiro atoms. The van der Waals surface area contributed by atoms with Crippen molar-refractivity contribution in [2.45, 2.75) is 20.3 Å². The first-order valence-corrected chi connectivity index (χ1v) is 8.48. The largest absolute Gasteiger partial charge is 0.457 e. The number of aryl methyl sites for hydroxylation is 2. The van der Waals surface area contributed by atoms with Crippen molar-refractivity contribution in [3.8, 4) is 11.5 Å². The van der Waals surface area contributed by atoms with Gasteiger partial charge in [0.2, 0.25) is 0 Å². The Hall–Kier alpha value is -3.19. The van der Waals surface area contributed by atoms with Crippen LogP contribution in [0.4, 0.5) is 10.4 Å². The van der Waals surface area contributed by atoms with Crippen LogP contribution < -0.4 is 15.8 Å². The minimum atomic E-state index is -0.669. The standard InChI is InChI=1S/C20H20FN3O3/c1-12-13(2)26-20(23-12)24-19(25)17-11-16(7-8-18(17)21)27-15-5-3-14(4-6-15)9-10-22/h3-8,11H,9-10,22H2,1-2H3,(H,23,24,25). The zero-order valence-electron chi connectivity index (χ0n) is 15.1. The minimum Gasteiger partial charge on any atom is -0.457 e. The molecular formula is C20H20FN3O3. The lowest BCUT2D eigenvalue weighted by Gasteiger charge is -2.09. The number of hydrogen-bond acceptors (Lipinski definition) is 5. The summed E-state index contributed by atoms with van der Waals surface area (Å²) in [4.78, 5) is 16.4. The van der Waals surface area contributed by atoms with E-state index in [-0.39, 0.29) is 11.6 Å². The van der Waals surface area contributed by atoms with Crippen LogP contribution in [0.2, 0.25) is 0 Å². The number of benzene rings is 2. The smallest absolute Gasteiger partial charge is 0.302 e. The predicted octanol–water partition coefficient (Wildman–Crippen LogP) is 3.98. The lowest BCUT2D eigenvalue weighted by atomic mass is 10.1. The quantitative estimate of drug-likeness (QED) is 0.686. The number of carbonyl (C=O) groups is 1. The van der Waals surface area contributed by atoms with Crippen molar-refractivity contribution >= 4 is 11.9 Å². The highest BCUT2D eigenvalue weighted by Crippen LogP contribution is 2.25. The number of aromatic nitrogens is 1. The maximum Gasteiger partial charge on any atom is 0.302 e. The Kier molecular flexibility index (Phi) is 5.52. The summed E-state index contributed by atoms with van der Waals surface area (Å²) < 4.78 is 25.1.